The van der Waals surface area contributed by atoms with E-state index in [0.29, 0.717) is 138 Å². The number of amides is 1. The summed E-state index contributed by atoms with van der Waals surface area (Å²) in [7, 11) is 0. The summed E-state index contributed by atoms with van der Waals surface area (Å²) in [6, 6.07) is 0. The smallest absolute Gasteiger partial charge is 0.303 e. The van der Waals surface area contributed by atoms with Crippen LogP contribution in [0.15, 0.2) is 0 Å². The summed E-state index contributed by atoms with van der Waals surface area (Å²) >= 11 is 0. The van der Waals surface area contributed by atoms with Crippen LogP contribution in [-0.4, -0.2) is 156 Å². The summed E-state index contributed by atoms with van der Waals surface area (Å²) in [5.41, 5.74) is 0. The number of nitrogens with one attached hydrogen (secondary N) is 1. The van der Waals surface area contributed by atoms with Crippen LogP contribution in [0.4, 0.5) is 0 Å². The van der Waals surface area contributed by atoms with Gasteiger partial charge in [0.2, 0.25) is 5.91 Å². The number of carboxylic acids is 1. The molecule has 0 aromatic heterocycles. The molecule has 0 unspecified atom stereocenters. The van der Waals surface area contributed by atoms with Crippen molar-refractivity contribution in [2.75, 3.05) is 139 Å². The second-order valence-corrected chi connectivity index (χ2v) is 14.0. The van der Waals surface area contributed by atoms with E-state index in [2.05, 4.69) is 12.2 Å². The van der Waals surface area contributed by atoms with Crippen molar-refractivity contribution in [1.29, 1.82) is 0 Å². The van der Waals surface area contributed by atoms with E-state index in [1.54, 1.807) is 0 Å². The molecule has 0 spiro atoms. The number of hydrogen-bond acceptors (Lipinski definition) is 12. The van der Waals surface area contributed by atoms with E-state index in [-0.39, 0.29) is 18.7 Å². The fourth-order valence-electron chi connectivity index (χ4n) is 5.54. The average Bonchev–Trinajstić information content (AvgIpc) is 3.21. The molecule has 0 atom stereocenters. The van der Waals surface area contributed by atoms with E-state index >= 15 is 0 Å². The number of carbonyl (C=O) groups is 2. The number of carboxylic acid groups (broad SMARTS) is 1. The standard InChI is InChI=1S/C43H85NO13/c1-2-3-4-5-6-7-8-9-10-11-12-13-14-15-16-17-22-48-24-26-50-28-30-52-32-34-54-36-38-56-40-41-57-39-37-55-35-33-53-31-29-51-27-25-49-23-18-21-44-42(45)19-20-43(46)47/h2-41H2,1H3,(H,44,45)(H,46,47). The topological polar surface area (TPSA) is 159 Å². The Hall–Kier alpha value is -1.46. The number of aliphatic carboxylic acids is 1. The van der Waals surface area contributed by atoms with Gasteiger partial charge in [-0.05, 0) is 12.8 Å². The minimum Gasteiger partial charge on any atom is -0.481 e. The maximum atomic E-state index is 11.4. The minimum absolute atomic E-state index is 0.00729. The first kappa shape index (κ1) is 55.5. The zero-order chi connectivity index (χ0) is 41.2. The zero-order valence-corrected chi connectivity index (χ0v) is 36.1. The monoisotopic (exact) mass is 824 g/mol. The SMILES string of the molecule is CCCCCCCCCCCCCCCCCCOCCOCCOCCOCCOCCOCCOCCOCCOCCOCCCNC(=O)CCC(=O)O. The lowest BCUT2D eigenvalue weighted by Gasteiger charge is -2.09. The van der Waals surface area contributed by atoms with Gasteiger partial charge in [-0.25, -0.2) is 0 Å². The molecule has 0 fully saturated rings. The van der Waals surface area contributed by atoms with Crippen LogP contribution in [-0.2, 0) is 57.0 Å². The molecule has 0 heterocycles. The third kappa shape index (κ3) is 52.5. The molecule has 0 aromatic rings. The van der Waals surface area contributed by atoms with Gasteiger partial charge >= 0.3 is 5.97 Å². The van der Waals surface area contributed by atoms with Crippen LogP contribution < -0.4 is 5.32 Å². The van der Waals surface area contributed by atoms with Gasteiger partial charge in [0.05, 0.1) is 125 Å². The number of hydrogen-bond donors (Lipinski definition) is 2. The molecule has 1 amide bonds. The van der Waals surface area contributed by atoms with Gasteiger partial charge in [0.15, 0.2) is 0 Å². The molecule has 57 heavy (non-hydrogen) atoms. The Morgan fingerprint density at radius 3 is 0.860 bits per heavy atom. The Morgan fingerprint density at radius 2 is 0.579 bits per heavy atom. The fraction of sp³-hybridized carbons (Fsp3) is 0.953. The minimum atomic E-state index is -0.979. The van der Waals surface area contributed by atoms with Crippen LogP contribution in [0.2, 0.25) is 0 Å². The maximum absolute atomic E-state index is 11.4. The molecule has 0 aromatic carbocycles. The largest absolute Gasteiger partial charge is 0.481 e. The first-order valence-electron chi connectivity index (χ1n) is 22.4. The molecule has 0 aliphatic carbocycles. The van der Waals surface area contributed by atoms with Crippen LogP contribution in [0.3, 0.4) is 0 Å². The van der Waals surface area contributed by atoms with Gasteiger partial charge in [-0.15, -0.1) is 0 Å². The van der Waals surface area contributed by atoms with Crippen molar-refractivity contribution in [2.45, 2.75) is 129 Å². The normalized spacial score (nSPS) is 11.5. The van der Waals surface area contributed by atoms with Crippen molar-refractivity contribution in [3.63, 3.8) is 0 Å². The van der Waals surface area contributed by atoms with E-state index in [4.69, 9.17) is 52.5 Å². The molecular formula is C43H85NO13. The van der Waals surface area contributed by atoms with Crippen LogP contribution >= 0.6 is 0 Å². The average molecular weight is 824 g/mol. The quantitative estimate of drug-likeness (QED) is 0.0619. The molecule has 0 saturated carbocycles. The van der Waals surface area contributed by atoms with E-state index in [9.17, 15) is 9.59 Å². The van der Waals surface area contributed by atoms with Crippen LogP contribution in [0.1, 0.15) is 129 Å². The molecule has 2 N–H and O–H groups in total. The summed E-state index contributed by atoms with van der Waals surface area (Å²) in [6.45, 7) is 13.3. The molecule has 14 nitrogen and oxygen atoms in total. The van der Waals surface area contributed by atoms with Crippen molar-refractivity contribution in [3.05, 3.63) is 0 Å². The van der Waals surface area contributed by atoms with Crippen molar-refractivity contribution in [3.8, 4) is 0 Å². The van der Waals surface area contributed by atoms with Crippen molar-refractivity contribution >= 4 is 11.9 Å². The lowest BCUT2D eigenvalue weighted by Crippen LogP contribution is -2.25. The zero-order valence-electron chi connectivity index (χ0n) is 36.1. The van der Waals surface area contributed by atoms with Crippen LogP contribution in [0, 0.1) is 0 Å². The molecule has 0 bridgehead atoms. The predicted octanol–water partition coefficient (Wildman–Crippen LogP) is 6.79. The summed E-state index contributed by atoms with van der Waals surface area (Å²) in [5.74, 6) is -1.24. The van der Waals surface area contributed by atoms with Gasteiger partial charge in [-0.3, -0.25) is 9.59 Å². The highest BCUT2D eigenvalue weighted by molar-refractivity contribution is 5.80. The highest BCUT2D eigenvalue weighted by atomic mass is 16.6. The maximum Gasteiger partial charge on any atom is 0.303 e. The molecule has 0 radical (unpaired) electrons. The van der Waals surface area contributed by atoms with E-state index < -0.39 is 5.97 Å². The second kappa shape index (κ2) is 50.7. The molecule has 0 saturated heterocycles. The van der Waals surface area contributed by atoms with Gasteiger partial charge in [-0.2, -0.15) is 0 Å². The second-order valence-electron chi connectivity index (χ2n) is 14.0. The third-order valence-electron chi connectivity index (χ3n) is 8.84. The Morgan fingerprint density at radius 1 is 0.333 bits per heavy atom. The third-order valence-corrected chi connectivity index (χ3v) is 8.84. The number of ether oxygens (including phenoxy) is 10. The summed E-state index contributed by atoms with van der Waals surface area (Å²) in [6.07, 6.45) is 22.6. The lowest BCUT2D eigenvalue weighted by atomic mass is 10.0. The summed E-state index contributed by atoms with van der Waals surface area (Å²) in [4.78, 5) is 21.8. The Bertz CT molecular complexity index is 796. The van der Waals surface area contributed by atoms with E-state index in [0.717, 1.165) is 13.0 Å². The van der Waals surface area contributed by atoms with E-state index in [1.807, 2.05) is 0 Å². The molecule has 0 rings (SSSR count). The van der Waals surface area contributed by atoms with Crippen molar-refractivity contribution in [1.82, 2.24) is 5.32 Å². The van der Waals surface area contributed by atoms with Gasteiger partial charge in [0.1, 0.15) is 0 Å². The lowest BCUT2D eigenvalue weighted by molar-refractivity contribution is -0.138. The molecule has 0 aliphatic heterocycles. The van der Waals surface area contributed by atoms with E-state index in [1.165, 1.54) is 96.3 Å². The summed E-state index contributed by atoms with van der Waals surface area (Å²) in [5, 5.41) is 11.2. The Balaban J connectivity index is 3.08. The van der Waals surface area contributed by atoms with Crippen LogP contribution in [0.5, 0.6) is 0 Å². The summed E-state index contributed by atoms with van der Waals surface area (Å²) < 4.78 is 55.2. The first-order chi connectivity index (χ1) is 28.2. The number of carbonyl (C=O) groups excluding carboxylic acids is 1. The fourth-order valence-corrected chi connectivity index (χ4v) is 5.54. The molecule has 340 valence electrons. The van der Waals surface area contributed by atoms with Gasteiger partial charge in [0.25, 0.3) is 0 Å². The molecule has 0 aliphatic rings. The highest BCUT2D eigenvalue weighted by Gasteiger charge is 2.04. The van der Waals surface area contributed by atoms with Crippen molar-refractivity contribution < 1.29 is 62.1 Å². The van der Waals surface area contributed by atoms with Crippen LogP contribution in [0.25, 0.3) is 0 Å². The number of unbranched alkanes of at least 4 members (excludes halogenated alkanes) is 15. The number of rotatable bonds is 51. The molecule has 14 heteroatoms. The Labute approximate surface area is 346 Å². The molecular weight excluding hydrogens is 738 g/mol. The van der Waals surface area contributed by atoms with Crippen molar-refractivity contribution in [2.24, 2.45) is 0 Å². The first-order valence-corrected chi connectivity index (χ1v) is 22.4. The van der Waals surface area contributed by atoms with Gasteiger partial charge in [-0.1, -0.05) is 103 Å². The van der Waals surface area contributed by atoms with Gasteiger partial charge in [0, 0.05) is 26.2 Å². The van der Waals surface area contributed by atoms with Gasteiger partial charge < -0.3 is 57.8 Å². The highest BCUT2D eigenvalue weighted by Crippen LogP contribution is 2.13. The Kier molecular flexibility index (Phi) is 49.4. The predicted molar refractivity (Wildman–Crippen MR) is 222 cm³/mol.